The van der Waals surface area contributed by atoms with Crippen LogP contribution >= 0.6 is 11.8 Å². The fraction of sp³-hybridized carbons (Fsp3) is 0.143. The van der Waals surface area contributed by atoms with Gasteiger partial charge in [-0.2, -0.15) is 0 Å². The summed E-state index contributed by atoms with van der Waals surface area (Å²) in [6, 6.07) is 14.3. The maximum atomic E-state index is 12.4. The Morgan fingerprint density at radius 3 is 2.38 bits per heavy atom. The molecule has 0 spiro atoms. The van der Waals surface area contributed by atoms with E-state index >= 15 is 0 Å². The summed E-state index contributed by atoms with van der Waals surface area (Å²) >= 11 is 0.632. The lowest BCUT2D eigenvalue weighted by Crippen LogP contribution is -2.36. The van der Waals surface area contributed by atoms with Crippen LogP contribution in [0, 0.1) is 13.8 Å². The van der Waals surface area contributed by atoms with Gasteiger partial charge in [0.1, 0.15) is 6.54 Å². The second-order valence-electron chi connectivity index (χ2n) is 6.54. The molecule has 1 heterocycles. The molecular weight excluding hydrogens is 390 g/mol. The summed E-state index contributed by atoms with van der Waals surface area (Å²) in [6.45, 7) is 3.39. The number of thioether (sulfide) groups is 1. The number of carbonyl (C=O) groups excluding carboxylic acids is 4. The Balaban J connectivity index is 1.62. The summed E-state index contributed by atoms with van der Waals surface area (Å²) in [4.78, 5) is 49.7. The second kappa shape index (κ2) is 8.74. The molecular formula is C21H19N3O4S. The SMILES string of the molecule is Cc1ccc(NC(=O)/C=C2\SC(=O)N(CC(=O)Nc3cccc(C)c3)C2=O)cc1. The summed E-state index contributed by atoms with van der Waals surface area (Å²) in [5.41, 5.74) is 3.17. The zero-order valence-corrected chi connectivity index (χ0v) is 16.7. The van der Waals surface area contributed by atoms with E-state index in [0.29, 0.717) is 23.1 Å². The molecule has 0 unspecified atom stereocenters. The van der Waals surface area contributed by atoms with Crippen molar-refractivity contribution in [2.75, 3.05) is 17.2 Å². The van der Waals surface area contributed by atoms with E-state index in [2.05, 4.69) is 10.6 Å². The average molecular weight is 409 g/mol. The van der Waals surface area contributed by atoms with Gasteiger partial charge >= 0.3 is 0 Å². The van der Waals surface area contributed by atoms with Gasteiger partial charge < -0.3 is 10.6 Å². The third-order valence-electron chi connectivity index (χ3n) is 4.06. The lowest BCUT2D eigenvalue weighted by atomic mass is 10.2. The summed E-state index contributed by atoms with van der Waals surface area (Å²) in [5, 5.41) is 4.69. The number of carbonyl (C=O) groups is 4. The third kappa shape index (κ3) is 5.32. The largest absolute Gasteiger partial charge is 0.325 e. The molecule has 3 rings (SSSR count). The molecule has 0 aliphatic carbocycles. The fourth-order valence-corrected chi connectivity index (χ4v) is 3.45. The van der Waals surface area contributed by atoms with E-state index in [9.17, 15) is 19.2 Å². The van der Waals surface area contributed by atoms with Gasteiger partial charge in [-0.25, -0.2) is 0 Å². The Morgan fingerprint density at radius 2 is 1.69 bits per heavy atom. The number of hydrogen-bond donors (Lipinski definition) is 2. The van der Waals surface area contributed by atoms with Crippen LogP contribution in [0.4, 0.5) is 16.2 Å². The van der Waals surface area contributed by atoms with Gasteiger partial charge in [0.05, 0.1) is 4.91 Å². The Hall–Kier alpha value is -3.39. The number of anilines is 2. The van der Waals surface area contributed by atoms with Crippen LogP contribution in [0.5, 0.6) is 0 Å². The molecule has 29 heavy (non-hydrogen) atoms. The van der Waals surface area contributed by atoms with Gasteiger partial charge in [0, 0.05) is 17.5 Å². The van der Waals surface area contributed by atoms with Crippen LogP contribution in [0.3, 0.4) is 0 Å². The quantitative estimate of drug-likeness (QED) is 0.738. The number of rotatable bonds is 5. The highest BCUT2D eigenvalue weighted by atomic mass is 32.2. The minimum Gasteiger partial charge on any atom is -0.325 e. The topological polar surface area (TPSA) is 95.6 Å². The van der Waals surface area contributed by atoms with Crippen LogP contribution < -0.4 is 10.6 Å². The van der Waals surface area contributed by atoms with Gasteiger partial charge in [0.15, 0.2) is 0 Å². The summed E-state index contributed by atoms with van der Waals surface area (Å²) in [5.74, 6) is -1.69. The average Bonchev–Trinajstić information content (AvgIpc) is 2.91. The van der Waals surface area contributed by atoms with E-state index in [1.807, 2.05) is 32.0 Å². The molecule has 148 valence electrons. The van der Waals surface area contributed by atoms with Crippen LogP contribution in [0.2, 0.25) is 0 Å². The maximum absolute atomic E-state index is 12.4. The van der Waals surface area contributed by atoms with E-state index in [0.717, 1.165) is 22.1 Å². The summed E-state index contributed by atoms with van der Waals surface area (Å²) < 4.78 is 0. The molecule has 1 aliphatic heterocycles. The van der Waals surface area contributed by atoms with Crippen LogP contribution in [0.1, 0.15) is 11.1 Å². The lowest BCUT2D eigenvalue weighted by molar-refractivity contribution is -0.127. The Bertz CT molecular complexity index is 1010. The van der Waals surface area contributed by atoms with Crippen molar-refractivity contribution in [3.05, 3.63) is 70.6 Å². The van der Waals surface area contributed by atoms with E-state index < -0.39 is 29.5 Å². The Morgan fingerprint density at radius 1 is 0.966 bits per heavy atom. The predicted octanol–water partition coefficient (Wildman–Crippen LogP) is 3.46. The first kappa shape index (κ1) is 20.3. The second-order valence-corrected chi connectivity index (χ2v) is 7.53. The van der Waals surface area contributed by atoms with Gasteiger partial charge in [-0.1, -0.05) is 29.8 Å². The van der Waals surface area contributed by atoms with Crippen LogP contribution in [0.25, 0.3) is 0 Å². The third-order valence-corrected chi connectivity index (χ3v) is 4.97. The van der Waals surface area contributed by atoms with E-state index in [1.165, 1.54) is 0 Å². The molecule has 1 fully saturated rings. The predicted molar refractivity (Wildman–Crippen MR) is 112 cm³/mol. The highest BCUT2D eigenvalue weighted by Crippen LogP contribution is 2.30. The van der Waals surface area contributed by atoms with E-state index in [4.69, 9.17) is 0 Å². The molecule has 0 radical (unpaired) electrons. The highest BCUT2D eigenvalue weighted by molar-refractivity contribution is 8.18. The van der Waals surface area contributed by atoms with Crippen molar-refractivity contribution in [3.63, 3.8) is 0 Å². The van der Waals surface area contributed by atoms with Crippen LogP contribution in [-0.4, -0.2) is 34.4 Å². The molecule has 0 atom stereocenters. The number of imide groups is 1. The van der Waals surface area contributed by atoms with Crippen molar-refractivity contribution in [2.24, 2.45) is 0 Å². The van der Waals surface area contributed by atoms with Gasteiger partial charge in [0.2, 0.25) is 11.8 Å². The van der Waals surface area contributed by atoms with Crippen molar-refractivity contribution in [1.82, 2.24) is 4.90 Å². The number of hydrogen-bond acceptors (Lipinski definition) is 5. The molecule has 2 aromatic rings. The number of nitrogens with zero attached hydrogens (tertiary/aromatic N) is 1. The van der Waals surface area contributed by atoms with Gasteiger partial charge in [-0.3, -0.25) is 24.1 Å². The van der Waals surface area contributed by atoms with Crippen molar-refractivity contribution >= 4 is 46.1 Å². The zero-order chi connectivity index (χ0) is 21.0. The van der Waals surface area contributed by atoms with E-state index in [-0.39, 0.29) is 4.91 Å². The first-order chi connectivity index (χ1) is 13.8. The van der Waals surface area contributed by atoms with Gasteiger partial charge in [-0.05, 0) is 55.4 Å². The number of amides is 4. The molecule has 2 aromatic carbocycles. The summed E-state index contributed by atoms with van der Waals surface area (Å²) in [7, 11) is 0. The highest BCUT2D eigenvalue weighted by Gasteiger charge is 2.36. The lowest BCUT2D eigenvalue weighted by Gasteiger charge is -2.12. The van der Waals surface area contributed by atoms with Gasteiger partial charge in [0.25, 0.3) is 11.1 Å². The van der Waals surface area contributed by atoms with Crippen molar-refractivity contribution in [3.8, 4) is 0 Å². The fourth-order valence-electron chi connectivity index (χ4n) is 2.64. The van der Waals surface area contributed by atoms with E-state index in [1.54, 1.807) is 30.3 Å². The first-order valence-electron chi connectivity index (χ1n) is 8.81. The minimum absolute atomic E-state index is 0.0250. The molecule has 2 N–H and O–H groups in total. The summed E-state index contributed by atoms with van der Waals surface area (Å²) in [6.07, 6.45) is 1.07. The number of nitrogens with one attached hydrogen (secondary N) is 2. The smallest absolute Gasteiger partial charge is 0.294 e. The number of aryl methyl sites for hydroxylation is 2. The first-order valence-corrected chi connectivity index (χ1v) is 9.63. The Labute approximate surface area is 172 Å². The maximum Gasteiger partial charge on any atom is 0.294 e. The van der Waals surface area contributed by atoms with Crippen LogP contribution in [-0.2, 0) is 14.4 Å². The van der Waals surface area contributed by atoms with Crippen LogP contribution in [0.15, 0.2) is 59.5 Å². The normalized spacial score (nSPS) is 15.0. The van der Waals surface area contributed by atoms with Gasteiger partial charge in [-0.15, -0.1) is 0 Å². The standard InChI is InChI=1S/C21H19N3O4S/c1-13-6-8-15(9-7-13)22-18(25)11-17-20(27)24(21(28)29-17)12-19(26)23-16-5-3-4-14(2)10-16/h3-11H,12H2,1-2H3,(H,22,25)(H,23,26)/b17-11-. The monoisotopic (exact) mass is 409 g/mol. The molecule has 0 bridgehead atoms. The molecule has 7 nitrogen and oxygen atoms in total. The minimum atomic E-state index is -0.668. The molecule has 0 aromatic heterocycles. The molecule has 8 heteroatoms. The number of benzene rings is 2. The molecule has 4 amide bonds. The molecule has 0 saturated carbocycles. The van der Waals surface area contributed by atoms with Crippen molar-refractivity contribution in [1.29, 1.82) is 0 Å². The zero-order valence-electron chi connectivity index (χ0n) is 15.9. The van der Waals surface area contributed by atoms with Crippen molar-refractivity contribution in [2.45, 2.75) is 13.8 Å². The molecule has 1 aliphatic rings. The molecule has 1 saturated heterocycles. The van der Waals surface area contributed by atoms with Crippen molar-refractivity contribution < 1.29 is 19.2 Å². The Kier molecular flexibility index (Phi) is 6.13.